The Morgan fingerprint density at radius 2 is 2.00 bits per heavy atom. The van der Waals surface area contributed by atoms with Crippen LogP contribution in [0.1, 0.15) is 41.0 Å². The summed E-state index contributed by atoms with van der Waals surface area (Å²) in [5.41, 5.74) is -0.420. The summed E-state index contributed by atoms with van der Waals surface area (Å²) in [6.45, 7) is 13.8. The number of ketones is 1. The minimum atomic E-state index is -0.420. The average molecular weight is 353 g/mol. The zero-order chi connectivity index (χ0) is 17.9. The first kappa shape index (κ1) is 18.8. The van der Waals surface area contributed by atoms with Crippen LogP contribution in [0.25, 0.3) is 0 Å². The third-order valence-electron chi connectivity index (χ3n) is 4.14. The summed E-state index contributed by atoms with van der Waals surface area (Å²) in [7, 11) is 0. The van der Waals surface area contributed by atoms with E-state index in [2.05, 4.69) is 34.0 Å². The summed E-state index contributed by atoms with van der Waals surface area (Å²) in [6, 6.07) is 0.553. The van der Waals surface area contributed by atoms with Crippen LogP contribution in [-0.2, 0) is 17.4 Å². The molecule has 1 aliphatic heterocycles. The summed E-state index contributed by atoms with van der Waals surface area (Å²) >= 11 is 5.19. The smallest absolute Gasteiger partial charge is 0.323 e. The minimum Gasteiger partial charge on any atom is -0.764 e. The summed E-state index contributed by atoms with van der Waals surface area (Å²) in [5, 5.41) is 6.43. The van der Waals surface area contributed by atoms with Crippen molar-refractivity contribution in [2.45, 2.75) is 47.1 Å². The van der Waals surface area contributed by atoms with Gasteiger partial charge in [-0.25, -0.2) is 4.99 Å². The molecule has 1 aromatic rings. The lowest BCUT2D eigenvalue weighted by molar-refractivity contribution is -0.759. The molecule has 0 bridgehead atoms. The van der Waals surface area contributed by atoms with Crippen molar-refractivity contribution in [3.63, 3.8) is 0 Å². The number of carbonyl (C=O) groups excluding carboxylic acids is 1. The van der Waals surface area contributed by atoms with Crippen molar-refractivity contribution in [2.75, 3.05) is 31.2 Å². The van der Waals surface area contributed by atoms with Crippen LogP contribution in [0, 0.1) is 5.41 Å². The Balaban J connectivity index is 1.96. The minimum absolute atomic E-state index is 0.0634. The van der Waals surface area contributed by atoms with Crippen molar-refractivity contribution in [3.05, 3.63) is 6.20 Å². The summed E-state index contributed by atoms with van der Waals surface area (Å²) < 4.78 is 5.22. The lowest BCUT2D eigenvalue weighted by Gasteiger charge is -2.32. The molecule has 0 atom stereocenters. The number of aliphatic imine (C=N–C) groups is 1. The lowest BCUT2D eigenvalue weighted by Crippen LogP contribution is -2.65. The fourth-order valence-corrected chi connectivity index (χ4v) is 2.63. The van der Waals surface area contributed by atoms with Gasteiger partial charge in [0.2, 0.25) is 5.27 Å². The quantitative estimate of drug-likeness (QED) is 0.343. The predicted octanol–water partition coefficient (Wildman–Crippen LogP) is 1.21. The zero-order valence-corrected chi connectivity index (χ0v) is 16.0. The number of piperazine rings is 1. The molecule has 1 aliphatic rings. The van der Waals surface area contributed by atoms with Crippen molar-refractivity contribution in [1.29, 1.82) is 0 Å². The first-order valence-corrected chi connectivity index (χ1v) is 8.73. The molecule has 0 unspecified atom stereocenters. The second-order valence-corrected chi connectivity index (χ2v) is 7.87. The first-order valence-electron chi connectivity index (χ1n) is 8.32. The molecular weight excluding hydrogens is 326 g/mol. The number of Topliss-reactive ketones (excluding diaryl/α,β-unsaturated/α-hetero) is 1. The van der Waals surface area contributed by atoms with Crippen molar-refractivity contribution in [3.8, 4) is 0 Å². The van der Waals surface area contributed by atoms with Gasteiger partial charge in [-0.3, -0.25) is 14.2 Å². The van der Waals surface area contributed by atoms with Crippen molar-refractivity contribution in [2.24, 2.45) is 10.4 Å². The number of rotatable bonds is 5. The normalized spacial score (nSPS) is 17.6. The van der Waals surface area contributed by atoms with Gasteiger partial charge in [0.15, 0.2) is 0 Å². The third-order valence-corrected chi connectivity index (χ3v) is 4.37. The standard InChI is InChI=1S/C16H27N5O2S/c1-12(2)19-6-8-20(9-7-19)21-11-14(23-18-21)17-15(24)10-13(22)16(3,4)5/h11-12H,6-10H2,1-5H3. The molecule has 0 aliphatic carbocycles. The second kappa shape index (κ2) is 7.57. The molecule has 8 heteroatoms. The van der Waals surface area contributed by atoms with E-state index in [4.69, 9.17) is 17.2 Å². The van der Waals surface area contributed by atoms with Gasteiger partial charge in [-0.2, -0.15) is 5.01 Å². The Bertz CT molecular complexity index is 598. The van der Waals surface area contributed by atoms with Crippen molar-refractivity contribution >= 4 is 29.3 Å². The Hall–Kier alpha value is -1.54. The van der Waals surface area contributed by atoms with E-state index in [0.717, 1.165) is 26.2 Å². The monoisotopic (exact) mass is 353 g/mol. The van der Waals surface area contributed by atoms with E-state index < -0.39 is 5.41 Å². The number of nitrogens with zero attached hydrogens (tertiary/aromatic N) is 5. The zero-order valence-electron chi connectivity index (χ0n) is 15.2. The molecular formula is C16H27N5O2S. The molecule has 2 heterocycles. The number of hydrogen-bond donors (Lipinski definition) is 0. The van der Waals surface area contributed by atoms with Gasteiger partial charge >= 0.3 is 5.88 Å². The largest absolute Gasteiger partial charge is 0.764 e. The van der Waals surface area contributed by atoms with E-state index in [9.17, 15) is 4.79 Å². The maximum absolute atomic E-state index is 12.0. The van der Waals surface area contributed by atoms with E-state index in [1.54, 1.807) is 11.0 Å². The van der Waals surface area contributed by atoms with Crippen LogP contribution in [0.2, 0.25) is 0 Å². The van der Waals surface area contributed by atoms with Gasteiger partial charge < -0.3 is 12.6 Å². The predicted molar refractivity (Wildman–Crippen MR) is 94.9 cm³/mol. The van der Waals surface area contributed by atoms with Crippen molar-refractivity contribution in [1.82, 2.24) is 10.2 Å². The highest BCUT2D eigenvalue weighted by atomic mass is 32.1. The average Bonchev–Trinajstić information content (AvgIpc) is 2.94. The Morgan fingerprint density at radius 1 is 1.38 bits per heavy atom. The molecule has 0 saturated carbocycles. The van der Waals surface area contributed by atoms with E-state index in [0.29, 0.717) is 17.0 Å². The molecule has 0 radical (unpaired) electrons. The molecule has 1 fully saturated rings. The van der Waals surface area contributed by atoms with Crippen LogP contribution < -0.4 is 9.80 Å². The van der Waals surface area contributed by atoms with Gasteiger partial charge in [0, 0.05) is 31.0 Å². The van der Waals surface area contributed by atoms with Crippen LogP contribution >= 0.6 is 0 Å². The van der Waals surface area contributed by atoms with Crippen LogP contribution in [-0.4, -0.2) is 53.2 Å². The van der Waals surface area contributed by atoms with Gasteiger partial charge in [0.05, 0.1) is 17.9 Å². The number of aromatic nitrogens is 2. The fourth-order valence-electron chi connectivity index (χ4n) is 2.41. The molecule has 134 valence electrons. The summed E-state index contributed by atoms with van der Waals surface area (Å²) in [6.07, 6.45) is 1.85. The van der Waals surface area contributed by atoms with E-state index in [-0.39, 0.29) is 12.2 Å². The van der Waals surface area contributed by atoms with E-state index in [1.807, 2.05) is 20.8 Å². The molecule has 0 spiro atoms. The van der Waals surface area contributed by atoms with E-state index in [1.165, 1.54) is 0 Å². The summed E-state index contributed by atoms with van der Waals surface area (Å²) in [4.78, 5) is 20.3. The fraction of sp³-hybridized carbons (Fsp3) is 0.750. The molecule has 0 N–H and O–H groups in total. The summed E-state index contributed by atoms with van der Waals surface area (Å²) in [5.74, 6) is 0.390. The van der Waals surface area contributed by atoms with Gasteiger partial charge in [0.25, 0.3) is 6.20 Å². The number of carbonyl (C=O) groups is 1. The first-order chi connectivity index (χ1) is 11.2. The van der Waals surface area contributed by atoms with Crippen LogP contribution in [0.3, 0.4) is 0 Å². The van der Waals surface area contributed by atoms with Crippen LogP contribution in [0.4, 0.5) is 5.88 Å². The molecule has 0 aromatic carbocycles. The molecule has 7 nitrogen and oxygen atoms in total. The maximum Gasteiger partial charge on any atom is 0.323 e. The highest BCUT2D eigenvalue weighted by molar-refractivity contribution is 7.77. The maximum atomic E-state index is 12.0. The van der Waals surface area contributed by atoms with Crippen LogP contribution in [0.5, 0.6) is 0 Å². The van der Waals surface area contributed by atoms with Crippen molar-refractivity contribution < 1.29 is 14.1 Å². The molecule has 0 amide bonds. The van der Waals surface area contributed by atoms with Gasteiger partial charge in [-0.05, 0) is 13.8 Å². The molecule has 2 rings (SSSR count). The van der Waals surface area contributed by atoms with Gasteiger partial charge in [0.1, 0.15) is 5.78 Å². The number of hydrogen-bond acceptors (Lipinski definition) is 7. The highest BCUT2D eigenvalue weighted by Gasteiger charge is 2.27. The van der Waals surface area contributed by atoms with Gasteiger partial charge in [-0.15, -0.1) is 0 Å². The lowest BCUT2D eigenvalue weighted by atomic mass is 9.89. The van der Waals surface area contributed by atoms with E-state index >= 15 is 0 Å². The highest BCUT2D eigenvalue weighted by Crippen LogP contribution is 2.18. The van der Waals surface area contributed by atoms with Gasteiger partial charge in [-0.1, -0.05) is 25.8 Å². The molecule has 24 heavy (non-hydrogen) atoms. The SMILES string of the molecule is CC(C)N1CCN([n+]2cc(N=C([S-])CC(=O)C(C)(C)C)on2)CC1. The third kappa shape index (κ3) is 4.98. The Morgan fingerprint density at radius 3 is 2.54 bits per heavy atom. The Labute approximate surface area is 149 Å². The molecule has 1 saturated heterocycles. The topological polar surface area (TPSA) is 65.8 Å². The second-order valence-electron chi connectivity index (χ2n) is 7.40. The molecule has 1 aromatic heterocycles. The Kier molecular flexibility index (Phi) is 5.92. The van der Waals surface area contributed by atoms with Crippen LogP contribution in [0.15, 0.2) is 15.7 Å².